The predicted molar refractivity (Wildman–Crippen MR) is 108 cm³/mol. The molecule has 1 heterocycles. The minimum Gasteiger partial charge on any atom is -0.349 e. The van der Waals surface area contributed by atoms with Crippen molar-refractivity contribution in [2.75, 3.05) is 5.32 Å². The van der Waals surface area contributed by atoms with Gasteiger partial charge in [-0.15, -0.1) is 23.7 Å². The Kier molecular flexibility index (Phi) is 7.35. The van der Waals surface area contributed by atoms with Crippen LogP contribution in [-0.4, -0.2) is 23.9 Å². The van der Waals surface area contributed by atoms with Gasteiger partial charge >= 0.3 is 0 Å². The Hall–Kier alpha value is -1.96. The molecule has 2 amide bonds. The third-order valence-electron chi connectivity index (χ3n) is 4.55. The SMILES string of the molecule is Cc1cc(NC(=O)c2cccc(F)c2)sc1C(=O)NC1CCC(N)CC1.Cl. The molecule has 1 aromatic carbocycles. The number of carbonyl (C=O) groups excluding carboxylic acids is 2. The number of hydrogen-bond acceptors (Lipinski definition) is 4. The summed E-state index contributed by atoms with van der Waals surface area (Å²) in [5.74, 6) is -0.995. The van der Waals surface area contributed by atoms with Gasteiger partial charge in [0.2, 0.25) is 0 Å². The molecule has 1 fully saturated rings. The second-order valence-electron chi connectivity index (χ2n) is 6.67. The molecular formula is C19H23ClFN3O2S. The highest BCUT2D eigenvalue weighted by Crippen LogP contribution is 2.28. The number of nitrogens with two attached hydrogens (primary N) is 1. The minimum atomic E-state index is -0.465. The van der Waals surface area contributed by atoms with E-state index in [0.717, 1.165) is 31.2 Å². The molecule has 0 saturated heterocycles. The number of halogens is 2. The lowest BCUT2D eigenvalue weighted by atomic mass is 9.92. The fourth-order valence-corrected chi connectivity index (χ4v) is 4.07. The van der Waals surface area contributed by atoms with Gasteiger partial charge in [-0.25, -0.2) is 4.39 Å². The zero-order valence-corrected chi connectivity index (χ0v) is 16.6. The van der Waals surface area contributed by atoms with Gasteiger partial charge < -0.3 is 16.4 Å². The van der Waals surface area contributed by atoms with Crippen LogP contribution in [0.15, 0.2) is 30.3 Å². The van der Waals surface area contributed by atoms with Gasteiger partial charge in [0.15, 0.2) is 0 Å². The normalized spacial score (nSPS) is 19.1. The predicted octanol–water partition coefficient (Wildman–Crippen LogP) is 3.87. The van der Waals surface area contributed by atoms with Gasteiger partial charge in [0, 0.05) is 17.6 Å². The van der Waals surface area contributed by atoms with Gasteiger partial charge in [0.25, 0.3) is 11.8 Å². The summed E-state index contributed by atoms with van der Waals surface area (Å²) >= 11 is 1.22. The van der Waals surface area contributed by atoms with Gasteiger partial charge in [0.05, 0.1) is 9.88 Å². The van der Waals surface area contributed by atoms with E-state index in [-0.39, 0.29) is 36.0 Å². The topological polar surface area (TPSA) is 84.2 Å². The van der Waals surface area contributed by atoms with Crippen molar-refractivity contribution < 1.29 is 14.0 Å². The third kappa shape index (κ3) is 5.51. The number of nitrogens with one attached hydrogen (secondary N) is 2. The van der Waals surface area contributed by atoms with Gasteiger partial charge in [-0.05, 0) is 62.4 Å². The zero-order valence-electron chi connectivity index (χ0n) is 15.0. The van der Waals surface area contributed by atoms with Gasteiger partial charge in [-0.1, -0.05) is 6.07 Å². The summed E-state index contributed by atoms with van der Waals surface area (Å²) in [5, 5.41) is 6.35. The molecule has 0 bridgehead atoms. The van der Waals surface area contributed by atoms with E-state index in [2.05, 4.69) is 10.6 Å². The van der Waals surface area contributed by atoms with E-state index >= 15 is 0 Å². The van der Waals surface area contributed by atoms with Crippen LogP contribution in [0.4, 0.5) is 9.39 Å². The van der Waals surface area contributed by atoms with E-state index in [4.69, 9.17) is 5.73 Å². The number of benzene rings is 1. The number of anilines is 1. The Balaban J connectivity index is 0.00000261. The van der Waals surface area contributed by atoms with E-state index in [9.17, 15) is 14.0 Å². The van der Waals surface area contributed by atoms with Crippen molar-refractivity contribution >= 4 is 40.6 Å². The molecule has 5 nitrogen and oxygen atoms in total. The van der Waals surface area contributed by atoms with Crippen LogP contribution in [0.5, 0.6) is 0 Å². The van der Waals surface area contributed by atoms with E-state index < -0.39 is 11.7 Å². The Morgan fingerprint density at radius 3 is 2.52 bits per heavy atom. The molecule has 0 unspecified atom stereocenters. The number of hydrogen-bond donors (Lipinski definition) is 3. The fraction of sp³-hybridized carbons (Fsp3) is 0.368. The molecule has 0 spiro atoms. The monoisotopic (exact) mass is 411 g/mol. The molecule has 0 atom stereocenters. The average molecular weight is 412 g/mol. The standard InChI is InChI=1S/C19H22FN3O2S.ClH/c1-11-9-16(23-18(24)12-3-2-4-13(20)10-12)26-17(11)19(25)22-15-7-5-14(21)6-8-15;/h2-4,9-10,14-15H,5-8,21H2,1H3,(H,22,25)(H,23,24);1H. The van der Waals surface area contributed by atoms with Crippen LogP contribution in [0.25, 0.3) is 0 Å². The third-order valence-corrected chi connectivity index (χ3v) is 5.71. The van der Waals surface area contributed by atoms with Gasteiger partial charge in [0.1, 0.15) is 5.82 Å². The summed E-state index contributed by atoms with van der Waals surface area (Å²) in [6, 6.07) is 7.63. The lowest BCUT2D eigenvalue weighted by Crippen LogP contribution is -2.40. The highest BCUT2D eigenvalue weighted by Gasteiger charge is 2.22. The maximum Gasteiger partial charge on any atom is 0.261 e. The number of aryl methyl sites for hydroxylation is 1. The zero-order chi connectivity index (χ0) is 18.7. The second kappa shape index (κ2) is 9.30. The number of rotatable bonds is 4. The lowest BCUT2D eigenvalue weighted by molar-refractivity contribution is 0.0928. The molecule has 8 heteroatoms. The van der Waals surface area contributed by atoms with Crippen molar-refractivity contribution in [3.8, 4) is 0 Å². The maximum atomic E-state index is 13.2. The smallest absolute Gasteiger partial charge is 0.261 e. The van der Waals surface area contributed by atoms with Crippen LogP contribution in [-0.2, 0) is 0 Å². The first kappa shape index (κ1) is 21.3. The molecule has 146 valence electrons. The molecule has 1 aliphatic rings. The van der Waals surface area contributed by atoms with Crippen LogP contribution >= 0.6 is 23.7 Å². The van der Waals surface area contributed by atoms with Crippen molar-refractivity contribution in [3.63, 3.8) is 0 Å². The van der Waals surface area contributed by atoms with Crippen LogP contribution < -0.4 is 16.4 Å². The summed E-state index contributed by atoms with van der Waals surface area (Å²) in [4.78, 5) is 25.3. The number of carbonyl (C=O) groups is 2. The summed E-state index contributed by atoms with van der Waals surface area (Å²) in [5.41, 5.74) is 6.93. The first-order chi connectivity index (χ1) is 12.4. The lowest BCUT2D eigenvalue weighted by Gasteiger charge is -2.26. The maximum absolute atomic E-state index is 13.2. The first-order valence-corrected chi connectivity index (χ1v) is 9.48. The van der Waals surface area contributed by atoms with Crippen LogP contribution in [0.3, 0.4) is 0 Å². The molecule has 4 N–H and O–H groups in total. The Morgan fingerprint density at radius 2 is 1.85 bits per heavy atom. The average Bonchev–Trinajstić information content (AvgIpc) is 2.97. The number of amides is 2. The van der Waals surface area contributed by atoms with Crippen LogP contribution in [0.2, 0.25) is 0 Å². The molecule has 1 saturated carbocycles. The van der Waals surface area contributed by atoms with Crippen molar-refractivity contribution in [1.29, 1.82) is 0 Å². The Bertz CT molecular complexity index is 819. The summed E-state index contributed by atoms with van der Waals surface area (Å²) in [7, 11) is 0. The fourth-order valence-electron chi connectivity index (χ4n) is 3.10. The molecular weight excluding hydrogens is 389 g/mol. The molecule has 1 aliphatic carbocycles. The Morgan fingerprint density at radius 1 is 1.15 bits per heavy atom. The van der Waals surface area contributed by atoms with Crippen LogP contribution in [0.1, 0.15) is 51.3 Å². The van der Waals surface area contributed by atoms with Crippen molar-refractivity contribution in [2.24, 2.45) is 5.73 Å². The number of thiophene rings is 1. The van der Waals surface area contributed by atoms with Crippen molar-refractivity contribution in [1.82, 2.24) is 5.32 Å². The minimum absolute atomic E-state index is 0. The highest BCUT2D eigenvalue weighted by atomic mass is 35.5. The molecule has 3 rings (SSSR count). The molecule has 0 radical (unpaired) electrons. The molecule has 1 aromatic heterocycles. The van der Waals surface area contributed by atoms with E-state index in [1.165, 1.54) is 29.5 Å². The molecule has 27 heavy (non-hydrogen) atoms. The highest BCUT2D eigenvalue weighted by molar-refractivity contribution is 7.18. The second-order valence-corrected chi connectivity index (χ2v) is 7.72. The molecule has 0 aliphatic heterocycles. The van der Waals surface area contributed by atoms with Crippen LogP contribution in [0, 0.1) is 12.7 Å². The van der Waals surface area contributed by atoms with Gasteiger partial charge in [-0.2, -0.15) is 0 Å². The van der Waals surface area contributed by atoms with Crippen molar-refractivity contribution in [2.45, 2.75) is 44.7 Å². The van der Waals surface area contributed by atoms with E-state index in [0.29, 0.717) is 9.88 Å². The van der Waals surface area contributed by atoms with Gasteiger partial charge in [-0.3, -0.25) is 9.59 Å². The van der Waals surface area contributed by atoms with E-state index in [1.54, 1.807) is 12.1 Å². The largest absolute Gasteiger partial charge is 0.349 e. The summed E-state index contributed by atoms with van der Waals surface area (Å²) in [6.45, 7) is 1.83. The first-order valence-electron chi connectivity index (χ1n) is 8.66. The Labute approximate surface area is 167 Å². The summed E-state index contributed by atoms with van der Waals surface area (Å²) < 4.78 is 13.2. The van der Waals surface area contributed by atoms with Crippen molar-refractivity contribution in [3.05, 3.63) is 52.2 Å². The quantitative estimate of drug-likeness (QED) is 0.714. The summed E-state index contributed by atoms with van der Waals surface area (Å²) in [6.07, 6.45) is 3.62. The molecule has 2 aromatic rings. The van der Waals surface area contributed by atoms with E-state index in [1.807, 2.05) is 6.92 Å².